The lowest BCUT2D eigenvalue weighted by molar-refractivity contribution is -0.124. The number of amides is 1. The molecule has 6 heteroatoms. The zero-order valence-corrected chi connectivity index (χ0v) is 10.6. The number of hydrogen-bond donors (Lipinski definition) is 2. The van der Waals surface area contributed by atoms with E-state index in [1.165, 1.54) is 0 Å². The van der Waals surface area contributed by atoms with E-state index in [0.29, 0.717) is 13.1 Å². The van der Waals surface area contributed by atoms with Gasteiger partial charge in [-0.05, 0) is 17.7 Å². The minimum absolute atomic E-state index is 0.251. The van der Waals surface area contributed by atoms with E-state index in [0.717, 1.165) is 30.2 Å². The Hall–Kier alpha value is -1.79. The van der Waals surface area contributed by atoms with Gasteiger partial charge in [0.25, 0.3) is 0 Å². The van der Waals surface area contributed by atoms with Crippen LogP contribution in [0.1, 0.15) is 5.56 Å². The van der Waals surface area contributed by atoms with Crippen LogP contribution in [0.2, 0.25) is 0 Å². The van der Waals surface area contributed by atoms with E-state index in [1.807, 2.05) is 18.2 Å². The van der Waals surface area contributed by atoms with Crippen molar-refractivity contribution < 1.29 is 14.3 Å². The van der Waals surface area contributed by atoms with Crippen LogP contribution < -0.4 is 20.5 Å². The number of benzene rings is 1. The van der Waals surface area contributed by atoms with E-state index >= 15 is 0 Å². The minimum Gasteiger partial charge on any atom is -0.454 e. The first-order valence-electron chi connectivity index (χ1n) is 6.36. The second-order valence-corrected chi connectivity index (χ2v) is 4.78. The lowest BCUT2D eigenvalue weighted by atomic mass is 10.1. The third-order valence-electron chi connectivity index (χ3n) is 3.51. The average Bonchev–Trinajstić information content (AvgIpc) is 2.86. The zero-order valence-electron chi connectivity index (χ0n) is 10.6. The van der Waals surface area contributed by atoms with Gasteiger partial charge in [0.15, 0.2) is 11.5 Å². The van der Waals surface area contributed by atoms with Crippen molar-refractivity contribution in [1.82, 2.24) is 10.2 Å². The Morgan fingerprint density at radius 2 is 2.26 bits per heavy atom. The molecule has 0 radical (unpaired) electrons. The van der Waals surface area contributed by atoms with Crippen LogP contribution in [-0.2, 0) is 11.3 Å². The molecule has 0 spiro atoms. The molecule has 1 fully saturated rings. The van der Waals surface area contributed by atoms with Crippen LogP contribution in [0.5, 0.6) is 11.5 Å². The Bertz CT molecular complexity index is 492. The second-order valence-electron chi connectivity index (χ2n) is 4.78. The van der Waals surface area contributed by atoms with E-state index < -0.39 is 0 Å². The lowest BCUT2D eigenvalue weighted by Crippen LogP contribution is -2.56. The number of ether oxygens (including phenoxy) is 2. The topological polar surface area (TPSA) is 76.8 Å². The molecule has 19 heavy (non-hydrogen) atoms. The molecule has 3 rings (SSSR count). The monoisotopic (exact) mass is 263 g/mol. The molecule has 2 aliphatic heterocycles. The van der Waals surface area contributed by atoms with Gasteiger partial charge in [0.1, 0.15) is 6.04 Å². The molecular weight excluding hydrogens is 246 g/mol. The molecule has 1 saturated heterocycles. The van der Waals surface area contributed by atoms with Crippen molar-refractivity contribution in [1.29, 1.82) is 0 Å². The van der Waals surface area contributed by atoms with E-state index in [2.05, 4.69) is 10.2 Å². The predicted molar refractivity (Wildman–Crippen MR) is 68.8 cm³/mol. The van der Waals surface area contributed by atoms with Gasteiger partial charge >= 0.3 is 0 Å². The quantitative estimate of drug-likeness (QED) is 0.781. The Morgan fingerprint density at radius 1 is 1.42 bits per heavy atom. The SMILES string of the molecule is NC(=O)C1CNCCN1Cc1ccc2c(c1)OCO2. The Balaban J connectivity index is 1.74. The fourth-order valence-corrected chi connectivity index (χ4v) is 2.49. The number of piperazine rings is 1. The van der Waals surface area contributed by atoms with Gasteiger partial charge in [-0.25, -0.2) is 0 Å². The molecule has 1 aromatic carbocycles. The molecule has 1 unspecified atom stereocenters. The van der Waals surface area contributed by atoms with Crippen LogP contribution in [0, 0.1) is 0 Å². The van der Waals surface area contributed by atoms with Crippen LogP contribution in [0.3, 0.4) is 0 Å². The largest absolute Gasteiger partial charge is 0.454 e. The van der Waals surface area contributed by atoms with Gasteiger partial charge in [0.2, 0.25) is 12.7 Å². The standard InChI is InChI=1S/C13H17N3O3/c14-13(17)10-6-15-3-4-16(10)7-9-1-2-11-12(5-9)19-8-18-11/h1-2,5,10,15H,3-4,6-8H2,(H2,14,17). The third kappa shape index (κ3) is 2.50. The maximum Gasteiger partial charge on any atom is 0.236 e. The van der Waals surface area contributed by atoms with Crippen molar-refractivity contribution in [3.63, 3.8) is 0 Å². The van der Waals surface area contributed by atoms with Gasteiger partial charge in [0.05, 0.1) is 0 Å². The molecule has 0 bridgehead atoms. The highest BCUT2D eigenvalue weighted by molar-refractivity contribution is 5.80. The summed E-state index contributed by atoms with van der Waals surface area (Å²) in [5.41, 5.74) is 6.53. The lowest BCUT2D eigenvalue weighted by Gasteiger charge is -2.34. The number of nitrogens with two attached hydrogens (primary N) is 1. The summed E-state index contributed by atoms with van der Waals surface area (Å²) in [5, 5.41) is 3.19. The van der Waals surface area contributed by atoms with Gasteiger partial charge in [-0.2, -0.15) is 0 Å². The van der Waals surface area contributed by atoms with Gasteiger partial charge in [-0.15, -0.1) is 0 Å². The molecule has 0 aliphatic carbocycles. The number of carbonyl (C=O) groups is 1. The van der Waals surface area contributed by atoms with Gasteiger partial charge in [-0.1, -0.05) is 6.07 Å². The smallest absolute Gasteiger partial charge is 0.236 e. The van der Waals surface area contributed by atoms with Crippen molar-refractivity contribution in [2.24, 2.45) is 5.73 Å². The number of rotatable bonds is 3. The first-order valence-corrected chi connectivity index (χ1v) is 6.36. The molecule has 102 valence electrons. The molecule has 6 nitrogen and oxygen atoms in total. The molecule has 1 atom stereocenters. The van der Waals surface area contributed by atoms with Gasteiger partial charge in [-0.3, -0.25) is 9.69 Å². The first-order chi connectivity index (χ1) is 9.24. The fourth-order valence-electron chi connectivity index (χ4n) is 2.49. The average molecular weight is 263 g/mol. The van der Waals surface area contributed by atoms with Crippen LogP contribution in [0.15, 0.2) is 18.2 Å². The summed E-state index contributed by atoms with van der Waals surface area (Å²) >= 11 is 0. The predicted octanol–water partition coefficient (Wildman–Crippen LogP) is -0.326. The Labute approximate surface area is 111 Å². The van der Waals surface area contributed by atoms with E-state index in [4.69, 9.17) is 15.2 Å². The summed E-state index contributed by atoms with van der Waals surface area (Å²) in [5.74, 6) is 1.26. The maximum absolute atomic E-state index is 11.4. The number of nitrogens with zero attached hydrogens (tertiary/aromatic N) is 1. The summed E-state index contributed by atoms with van der Waals surface area (Å²) in [4.78, 5) is 13.5. The summed E-state index contributed by atoms with van der Waals surface area (Å²) in [6.45, 7) is 3.25. The van der Waals surface area contributed by atoms with E-state index in [-0.39, 0.29) is 18.7 Å². The molecule has 0 aromatic heterocycles. The highest BCUT2D eigenvalue weighted by Crippen LogP contribution is 2.32. The fraction of sp³-hybridized carbons (Fsp3) is 0.462. The number of hydrogen-bond acceptors (Lipinski definition) is 5. The minimum atomic E-state index is -0.284. The van der Waals surface area contributed by atoms with Crippen LogP contribution in [-0.4, -0.2) is 43.3 Å². The molecule has 1 aromatic rings. The van der Waals surface area contributed by atoms with Crippen molar-refractivity contribution in [3.8, 4) is 11.5 Å². The van der Waals surface area contributed by atoms with Crippen LogP contribution in [0.25, 0.3) is 0 Å². The van der Waals surface area contributed by atoms with E-state index in [9.17, 15) is 4.79 Å². The van der Waals surface area contributed by atoms with Gasteiger partial charge < -0.3 is 20.5 Å². The summed E-state index contributed by atoms with van der Waals surface area (Å²) < 4.78 is 10.6. The third-order valence-corrected chi connectivity index (χ3v) is 3.51. The van der Waals surface area contributed by atoms with Crippen molar-refractivity contribution >= 4 is 5.91 Å². The van der Waals surface area contributed by atoms with Crippen molar-refractivity contribution in [3.05, 3.63) is 23.8 Å². The van der Waals surface area contributed by atoms with Crippen molar-refractivity contribution in [2.75, 3.05) is 26.4 Å². The molecule has 1 amide bonds. The van der Waals surface area contributed by atoms with Crippen molar-refractivity contribution in [2.45, 2.75) is 12.6 Å². The summed E-state index contributed by atoms with van der Waals surface area (Å²) in [6, 6.07) is 5.61. The zero-order chi connectivity index (χ0) is 13.2. The molecule has 0 saturated carbocycles. The van der Waals surface area contributed by atoms with Gasteiger partial charge in [0, 0.05) is 26.2 Å². The molecule has 3 N–H and O–H groups in total. The summed E-state index contributed by atoms with van der Waals surface area (Å²) in [6.07, 6.45) is 0. The number of fused-ring (bicyclic) bond motifs is 1. The number of nitrogens with one attached hydrogen (secondary N) is 1. The highest BCUT2D eigenvalue weighted by atomic mass is 16.7. The Morgan fingerprint density at radius 3 is 3.11 bits per heavy atom. The number of carbonyl (C=O) groups excluding carboxylic acids is 1. The number of primary amides is 1. The molecular formula is C13H17N3O3. The maximum atomic E-state index is 11.4. The molecule has 2 aliphatic rings. The normalized spacial score (nSPS) is 22.4. The highest BCUT2D eigenvalue weighted by Gasteiger charge is 2.27. The Kier molecular flexibility index (Phi) is 3.27. The second kappa shape index (κ2) is 5.07. The van der Waals surface area contributed by atoms with Crippen LogP contribution in [0.4, 0.5) is 0 Å². The van der Waals surface area contributed by atoms with E-state index in [1.54, 1.807) is 0 Å². The molecule has 2 heterocycles. The van der Waals surface area contributed by atoms with Crippen LogP contribution >= 0.6 is 0 Å². The summed E-state index contributed by atoms with van der Waals surface area (Å²) in [7, 11) is 0. The first kappa shape index (κ1) is 12.3.